The summed E-state index contributed by atoms with van der Waals surface area (Å²) in [5, 5.41) is 9.08. The van der Waals surface area contributed by atoms with Crippen molar-refractivity contribution in [1.82, 2.24) is 0 Å². The molecule has 8 atom stereocenters. The van der Waals surface area contributed by atoms with E-state index in [1.807, 2.05) is 0 Å². The molecule has 2 heteroatoms. The summed E-state index contributed by atoms with van der Waals surface area (Å²) in [6.45, 7) is 7.43. The van der Waals surface area contributed by atoms with E-state index in [0.717, 1.165) is 30.1 Å². The van der Waals surface area contributed by atoms with E-state index in [1.165, 1.54) is 51.4 Å². The van der Waals surface area contributed by atoms with Crippen LogP contribution in [0.1, 0.15) is 85.0 Å². The Balaban J connectivity index is 1.57. The third kappa shape index (κ3) is 2.78. The number of carboxylic acids is 1. The van der Waals surface area contributed by atoms with E-state index in [4.69, 9.17) is 5.11 Å². The van der Waals surface area contributed by atoms with Crippen LogP contribution in [0.25, 0.3) is 0 Å². The zero-order valence-corrected chi connectivity index (χ0v) is 17.0. The lowest BCUT2D eigenvalue weighted by Crippen LogP contribution is -2.50. The second-order valence-electron chi connectivity index (χ2n) is 10.6. The highest BCUT2D eigenvalue weighted by Gasteiger charge is 2.58. The van der Waals surface area contributed by atoms with Gasteiger partial charge in [0, 0.05) is 6.42 Å². The Morgan fingerprint density at radius 2 is 1.96 bits per heavy atom. The summed E-state index contributed by atoms with van der Waals surface area (Å²) >= 11 is 0. The summed E-state index contributed by atoms with van der Waals surface area (Å²) in [6.07, 6.45) is 17.8. The smallest absolute Gasteiger partial charge is 0.303 e. The zero-order valence-electron chi connectivity index (χ0n) is 17.0. The summed E-state index contributed by atoms with van der Waals surface area (Å²) in [5.41, 5.74) is 0.850. The molecule has 0 radical (unpaired) electrons. The maximum absolute atomic E-state index is 11.0. The molecule has 0 aliphatic heterocycles. The molecular weight excluding hydrogens is 320 g/mol. The maximum atomic E-state index is 11.0. The maximum Gasteiger partial charge on any atom is 0.303 e. The molecule has 1 N–H and O–H groups in total. The molecule has 0 amide bonds. The summed E-state index contributed by atoms with van der Waals surface area (Å²) in [7, 11) is 0. The van der Waals surface area contributed by atoms with E-state index >= 15 is 0 Å². The lowest BCUT2D eigenvalue weighted by atomic mass is 9.46. The Morgan fingerprint density at radius 1 is 1.15 bits per heavy atom. The first-order chi connectivity index (χ1) is 12.4. The number of rotatable bonds is 4. The predicted molar refractivity (Wildman–Crippen MR) is 106 cm³/mol. The summed E-state index contributed by atoms with van der Waals surface area (Å²) < 4.78 is 0. The average molecular weight is 359 g/mol. The van der Waals surface area contributed by atoms with Crippen LogP contribution in [-0.2, 0) is 4.79 Å². The molecule has 0 spiro atoms. The van der Waals surface area contributed by atoms with Crippen molar-refractivity contribution in [3.63, 3.8) is 0 Å². The molecule has 4 aliphatic carbocycles. The van der Waals surface area contributed by atoms with Gasteiger partial charge in [-0.2, -0.15) is 0 Å². The van der Waals surface area contributed by atoms with Crippen molar-refractivity contribution in [2.45, 2.75) is 85.0 Å². The van der Waals surface area contributed by atoms with Gasteiger partial charge < -0.3 is 5.11 Å². The first-order valence-corrected chi connectivity index (χ1v) is 11.3. The lowest BCUT2D eigenvalue weighted by Gasteiger charge is -2.58. The fourth-order valence-corrected chi connectivity index (χ4v) is 8.16. The van der Waals surface area contributed by atoms with Crippen LogP contribution in [0, 0.1) is 46.3 Å². The first-order valence-electron chi connectivity index (χ1n) is 11.3. The van der Waals surface area contributed by atoms with Crippen molar-refractivity contribution in [3.05, 3.63) is 12.2 Å². The topological polar surface area (TPSA) is 37.3 Å². The number of carbonyl (C=O) groups is 1. The van der Waals surface area contributed by atoms with Gasteiger partial charge in [0.2, 0.25) is 0 Å². The van der Waals surface area contributed by atoms with Crippen LogP contribution in [0.5, 0.6) is 0 Å². The highest BCUT2D eigenvalue weighted by Crippen LogP contribution is 2.66. The molecule has 3 saturated carbocycles. The van der Waals surface area contributed by atoms with Gasteiger partial charge in [0.25, 0.3) is 0 Å². The Hall–Kier alpha value is -0.790. The van der Waals surface area contributed by atoms with Gasteiger partial charge in [-0.05, 0) is 91.3 Å². The van der Waals surface area contributed by atoms with Crippen LogP contribution in [0.2, 0.25) is 0 Å². The number of carboxylic acid groups (broad SMARTS) is 1. The van der Waals surface area contributed by atoms with Gasteiger partial charge in [-0.1, -0.05) is 45.8 Å². The Labute approximate surface area is 159 Å². The van der Waals surface area contributed by atoms with E-state index in [9.17, 15) is 4.79 Å². The highest BCUT2D eigenvalue weighted by molar-refractivity contribution is 5.66. The molecule has 4 aliphatic rings. The second kappa shape index (κ2) is 6.67. The zero-order chi connectivity index (χ0) is 18.5. The van der Waals surface area contributed by atoms with Crippen LogP contribution in [0.4, 0.5) is 0 Å². The molecule has 26 heavy (non-hydrogen) atoms. The standard InChI is InChI=1S/C24H38O2/c1-16(7-12-22(25)26)19-10-11-20-18-9-8-17-6-4-5-14-23(17,2)21(18)13-15-24(19,20)3/h13,15-21H,4-12,14H2,1-3H3,(H,25,26)/t16-,17?,18+,19-,20+,21+,23+,24-/m1/s1. The van der Waals surface area contributed by atoms with Crippen molar-refractivity contribution in [2.75, 3.05) is 0 Å². The van der Waals surface area contributed by atoms with Gasteiger partial charge in [0.05, 0.1) is 0 Å². The number of hydrogen-bond donors (Lipinski definition) is 1. The minimum absolute atomic E-state index is 0.303. The van der Waals surface area contributed by atoms with Gasteiger partial charge in [-0.3, -0.25) is 4.79 Å². The monoisotopic (exact) mass is 358 g/mol. The molecule has 4 rings (SSSR count). The Morgan fingerprint density at radius 3 is 2.73 bits per heavy atom. The van der Waals surface area contributed by atoms with E-state index in [1.54, 1.807) is 0 Å². The molecule has 0 bridgehead atoms. The second-order valence-corrected chi connectivity index (χ2v) is 10.6. The normalized spacial score (nSPS) is 48.3. The van der Waals surface area contributed by atoms with Crippen LogP contribution in [-0.4, -0.2) is 11.1 Å². The van der Waals surface area contributed by atoms with E-state index in [2.05, 4.69) is 32.9 Å². The third-order valence-electron chi connectivity index (χ3n) is 9.59. The molecule has 0 saturated heterocycles. The summed E-state index contributed by atoms with van der Waals surface area (Å²) in [5.74, 6) is 4.01. The van der Waals surface area contributed by atoms with Crippen molar-refractivity contribution in [2.24, 2.45) is 46.3 Å². The van der Waals surface area contributed by atoms with Gasteiger partial charge >= 0.3 is 5.97 Å². The third-order valence-corrected chi connectivity index (χ3v) is 9.59. The first kappa shape index (κ1) is 18.6. The number of allylic oxidation sites excluding steroid dienone is 2. The molecule has 0 aromatic carbocycles. The molecular formula is C24H38O2. The lowest BCUT2D eigenvalue weighted by molar-refractivity contribution is -0.137. The van der Waals surface area contributed by atoms with E-state index in [0.29, 0.717) is 29.1 Å². The minimum atomic E-state index is -0.639. The molecule has 3 fully saturated rings. The Kier molecular flexibility index (Phi) is 4.77. The summed E-state index contributed by atoms with van der Waals surface area (Å²) in [6, 6.07) is 0. The van der Waals surface area contributed by atoms with Crippen molar-refractivity contribution in [3.8, 4) is 0 Å². The van der Waals surface area contributed by atoms with Crippen LogP contribution in [0.3, 0.4) is 0 Å². The number of hydrogen-bond acceptors (Lipinski definition) is 1. The van der Waals surface area contributed by atoms with Crippen LogP contribution in [0.15, 0.2) is 12.2 Å². The van der Waals surface area contributed by atoms with Gasteiger partial charge in [-0.25, -0.2) is 0 Å². The summed E-state index contributed by atoms with van der Waals surface area (Å²) in [4.78, 5) is 11.0. The highest BCUT2D eigenvalue weighted by atomic mass is 16.4. The molecule has 0 heterocycles. The van der Waals surface area contributed by atoms with Crippen LogP contribution >= 0.6 is 0 Å². The van der Waals surface area contributed by atoms with Gasteiger partial charge in [-0.15, -0.1) is 0 Å². The van der Waals surface area contributed by atoms with Gasteiger partial charge in [0.15, 0.2) is 0 Å². The molecule has 2 nitrogen and oxygen atoms in total. The number of fused-ring (bicyclic) bond motifs is 5. The molecule has 0 aromatic heterocycles. The minimum Gasteiger partial charge on any atom is -0.481 e. The Bertz CT molecular complexity index is 581. The largest absolute Gasteiger partial charge is 0.481 e. The van der Waals surface area contributed by atoms with Crippen LogP contribution < -0.4 is 0 Å². The quantitative estimate of drug-likeness (QED) is 0.598. The predicted octanol–water partition coefficient (Wildman–Crippen LogP) is 6.31. The molecule has 0 aromatic rings. The molecule has 1 unspecified atom stereocenters. The average Bonchev–Trinajstić information content (AvgIpc) is 2.96. The van der Waals surface area contributed by atoms with Gasteiger partial charge in [0.1, 0.15) is 0 Å². The fraction of sp³-hybridized carbons (Fsp3) is 0.875. The van der Waals surface area contributed by atoms with E-state index < -0.39 is 5.97 Å². The van der Waals surface area contributed by atoms with Crippen molar-refractivity contribution < 1.29 is 9.90 Å². The SMILES string of the molecule is C[C@H](CCC(=O)O)[C@H]1CC[C@H]2[C@@H]3CCC4CCCC[C@]4(C)[C@H]3C=C[C@]12C. The molecule has 146 valence electrons. The fourth-order valence-electron chi connectivity index (χ4n) is 8.16. The van der Waals surface area contributed by atoms with Crippen molar-refractivity contribution >= 4 is 5.97 Å². The van der Waals surface area contributed by atoms with Crippen molar-refractivity contribution in [1.29, 1.82) is 0 Å². The number of aliphatic carboxylic acids is 1. The van der Waals surface area contributed by atoms with E-state index in [-0.39, 0.29) is 0 Å².